The smallest absolute Gasteiger partial charge is 0.192 e. The SMILES string of the molecule is CC(C)(C)[Si](C)(C)O[C@H]1CCCC[C@@H]1Br. The molecule has 0 aromatic carbocycles. The third-order valence-electron chi connectivity index (χ3n) is 3.87. The third kappa shape index (κ3) is 3.57. The van der Waals surface area contributed by atoms with Gasteiger partial charge in [-0.05, 0) is 31.0 Å². The van der Waals surface area contributed by atoms with Gasteiger partial charge in [0.15, 0.2) is 8.32 Å². The highest BCUT2D eigenvalue weighted by Crippen LogP contribution is 2.40. The third-order valence-corrected chi connectivity index (χ3v) is 9.43. The molecule has 1 aliphatic rings. The maximum absolute atomic E-state index is 6.45. The van der Waals surface area contributed by atoms with Crippen LogP contribution in [0.15, 0.2) is 0 Å². The lowest BCUT2D eigenvalue weighted by Gasteiger charge is -2.41. The lowest BCUT2D eigenvalue weighted by molar-refractivity contribution is 0.146. The Kier molecular flexibility index (Phi) is 4.47. The Morgan fingerprint density at radius 1 is 1.13 bits per heavy atom. The second kappa shape index (κ2) is 4.88. The van der Waals surface area contributed by atoms with Crippen molar-refractivity contribution >= 4 is 24.2 Å². The molecule has 1 fully saturated rings. The molecule has 1 saturated carbocycles. The fourth-order valence-corrected chi connectivity index (χ4v) is 4.03. The summed E-state index contributed by atoms with van der Waals surface area (Å²) >= 11 is 3.77. The molecule has 0 heterocycles. The molecule has 0 unspecified atom stereocenters. The van der Waals surface area contributed by atoms with Gasteiger partial charge in [0, 0.05) is 4.83 Å². The maximum atomic E-state index is 6.45. The standard InChI is InChI=1S/C12H25BrOSi/c1-12(2,3)15(4,5)14-11-9-7-6-8-10(11)13/h10-11H,6-9H2,1-5H3/t10-,11-/m0/s1. The van der Waals surface area contributed by atoms with Crippen molar-refractivity contribution in [2.24, 2.45) is 0 Å². The molecule has 2 atom stereocenters. The molecule has 0 spiro atoms. The first-order valence-electron chi connectivity index (χ1n) is 6.06. The van der Waals surface area contributed by atoms with Crippen LogP contribution in [-0.2, 0) is 4.43 Å². The summed E-state index contributed by atoms with van der Waals surface area (Å²) in [4.78, 5) is 0.584. The van der Waals surface area contributed by atoms with Gasteiger partial charge in [0.05, 0.1) is 6.10 Å². The first-order chi connectivity index (χ1) is 6.74. The number of alkyl halides is 1. The van der Waals surface area contributed by atoms with Gasteiger partial charge >= 0.3 is 0 Å². The van der Waals surface area contributed by atoms with Crippen molar-refractivity contribution in [2.75, 3.05) is 0 Å². The summed E-state index contributed by atoms with van der Waals surface area (Å²) in [7, 11) is -1.56. The monoisotopic (exact) mass is 292 g/mol. The van der Waals surface area contributed by atoms with Gasteiger partial charge < -0.3 is 4.43 Å². The van der Waals surface area contributed by atoms with Crippen molar-refractivity contribution in [2.45, 2.75) is 75.5 Å². The van der Waals surface area contributed by atoms with Gasteiger partial charge in [0.1, 0.15) is 0 Å². The van der Waals surface area contributed by atoms with E-state index in [1.165, 1.54) is 25.7 Å². The maximum Gasteiger partial charge on any atom is 0.192 e. The lowest BCUT2D eigenvalue weighted by Crippen LogP contribution is -2.46. The minimum Gasteiger partial charge on any atom is -0.413 e. The molecule has 0 radical (unpaired) electrons. The summed E-state index contributed by atoms with van der Waals surface area (Å²) in [5.41, 5.74) is 0. The van der Waals surface area contributed by atoms with E-state index in [9.17, 15) is 0 Å². The zero-order valence-electron chi connectivity index (χ0n) is 10.8. The molecular weight excluding hydrogens is 268 g/mol. The Balaban J connectivity index is 2.59. The number of rotatable bonds is 2. The summed E-state index contributed by atoms with van der Waals surface area (Å²) in [6.45, 7) is 11.6. The second-order valence-electron chi connectivity index (χ2n) is 6.22. The van der Waals surface area contributed by atoms with Crippen LogP contribution < -0.4 is 0 Å². The van der Waals surface area contributed by atoms with Gasteiger partial charge in [-0.3, -0.25) is 0 Å². The molecule has 0 saturated heterocycles. The Labute approximate surface area is 104 Å². The van der Waals surface area contributed by atoms with Crippen molar-refractivity contribution in [3.8, 4) is 0 Å². The van der Waals surface area contributed by atoms with E-state index in [-0.39, 0.29) is 0 Å². The van der Waals surface area contributed by atoms with Crippen molar-refractivity contribution < 1.29 is 4.43 Å². The van der Waals surface area contributed by atoms with E-state index < -0.39 is 8.32 Å². The average molecular weight is 293 g/mol. The van der Waals surface area contributed by atoms with E-state index in [1.807, 2.05) is 0 Å². The van der Waals surface area contributed by atoms with E-state index in [2.05, 4.69) is 49.8 Å². The van der Waals surface area contributed by atoms with Crippen LogP contribution in [0.4, 0.5) is 0 Å². The van der Waals surface area contributed by atoms with Gasteiger partial charge in [-0.25, -0.2) is 0 Å². The Morgan fingerprint density at radius 3 is 2.13 bits per heavy atom. The molecule has 1 nitrogen and oxygen atoms in total. The molecule has 90 valence electrons. The first kappa shape index (κ1) is 13.7. The highest BCUT2D eigenvalue weighted by atomic mass is 79.9. The van der Waals surface area contributed by atoms with Gasteiger partial charge in [-0.15, -0.1) is 0 Å². The molecule has 1 rings (SSSR count). The van der Waals surface area contributed by atoms with E-state index >= 15 is 0 Å². The van der Waals surface area contributed by atoms with E-state index in [1.54, 1.807) is 0 Å². The lowest BCUT2D eigenvalue weighted by atomic mass is 9.98. The van der Waals surface area contributed by atoms with Gasteiger partial charge in [0.2, 0.25) is 0 Å². The fourth-order valence-electron chi connectivity index (χ4n) is 1.74. The van der Waals surface area contributed by atoms with Crippen LogP contribution in [0.5, 0.6) is 0 Å². The number of hydrogen-bond donors (Lipinski definition) is 0. The van der Waals surface area contributed by atoms with Crippen molar-refractivity contribution in [3.05, 3.63) is 0 Å². The summed E-state index contributed by atoms with van der Waals surface area (Å²) in [5, 5.41) is 0.331. The Hall–Kier alpha value is 0.657. The van der Waals surface area contributed by atoms with Gasteiger partial charge in [0.25, 0.3) is 0 Å². The van der Waals surface area contributed by atoms with E-state index in [4.69, 9.17) is 4.43 Å². The molecule has 0 aromatic rings. The highest BCUT2D eigenvalue weighted by molar-refractivity contribution is 9.09. The number of hydrogen-bond acceptors (Lipinski definition) is 1. The summed E-state index contributed by atoms with van der Waals surface area (Å²) in [6.07, 6.45) is 5.66. The average Bonchev–Trinajstić information content (AvgIpc) is 2.06. The fraction of sp³-hybridized carbons (Fsp3) is 1.00. The molecule has 3 heteroatoms. The molecule has 0 aromatic heterocycles. The number of halogens is 1. The van der Waals surface area contributed by atoms with Crippen LogP contribution in [0.3, 0.4) is 0 Å². The predicted molar refractivity (Wildman–Crippen MR) is 73.3 cm³/mol. The van der Waals surface area contributed by atoms with Crippen LogP contribution >= 0.6 is 15.9 Å². The van der Waals surface area contributed by atoms with Gasteiger partial charge in [-0.1, -0.05) is 49.5 Å². The molecule has 0 amide bonds. The summed E-state index contributed by atoms with van der Waals surface area (Å²) in [5.74, 6) is 0. The van der Waals surface area contributed by atoms with Crippen molar-refractivity contribution in [3.63, 3.8) is 0 Å². The van der Waals surface area contributed by atoms with Crippen LogP contribution in [-0.4, -0.2) is 19.2 Å². The van der Waals surface area contributed by atoms with E-state index in [0.717, 1.165) is 0 Å². The Morgan fingerprint density at radius 2 is 1.67 bits per heavy atom. The molecule has 1 aliphatic carbocycles. The van der Waals surface area contributed by atoms with Crippen LogP contribution in [0, 0.1) is 0 Å². The first-order valence-corrected chi connectivity index (χ1v) is 9.88. The largest absolute Gasteiger partial charge is 0.413 e. The quantitative estimate of drug-likeness (QED) is 0.529. The molecule has 0 aliphatic heterocycles. The predicted octanol–water partition coefficient (Wildman–Crippen LogP) is 4.71. The minimum atomic E-state index is -1.56. The zero-order valence-corrected chi connectivity index (χ0v) is 13.4. The summed E-state index contributed by atoms with van der Waals surface area (Å²) in [6, 6.07) is 0. The Bertz CT molecular complexity index is 210. The van der Waals surface area contributed by atoms with Gasteiger partial charge in [-0.2, -0.15) is 0 Å². The van der Waals surface area contributed by atoms with Crippen LogP contribution in [0.1, 0.15) is 46.5 Å². The molecular formula is C12H25BrOSi. The normalized spacial score (nSPS) is 29.2. The van der Waals surface area contributed by atoms with Crippen LogP contribution in [0.25, 0.3) is 0 Å². The van der Waals surface area contributed by atoms with Crippen LogP contribution in [0.2, 0.25) is 18.1 Å². The molecule has 0 N–H and O–H groups in total. The van der Waals surface area contributed by atoms with Crippen molar-refractivity contribution in [1.82, 2.24) is 0 Å². The summed E-state index contributed by atoms with van der Waals surface area (Å²) < 4.78 is 6.45. The van der Waals surface area contributed by atoms with E-state index in [0.29, 0.717) is 16.0 Å². The highest BCUT2D eigenvalue weighted by Gasteiger charge is 2.40. The molecule has 15 heavy (non-hydrogen) atoms. The molecule has 0 bridgehead atoms. The minimum absolute atomic E-state index is 0.331. The zero-order chi connectivity index (χ0) is 11.7. The topological polar surface area (TPSA) is 9.23 Å². The van der Waals surface area contributed by atoms with Crippen molar-refractivity contribution in [1.29, 1.82) is 0 Å². The second-order valence-corrected chi connectivity index (χ2v) is 12.1.